The van der Waals surface area contributed by atoms with Gasteiger partial charge in [-0.3, -0.25) is 19.2 Å². The molecule has 1 unspecified atom stereocenters. The fourth-order valence-electron chi connectivity index (χ4n) is 4.43. The highest BCUT2D eigenvalue weighted by atomic mass is 16.5. The van der Waals surface area contributed by atoms with Crippen LogP contribution in [0.4, 0.5) is 0 Å². The molecule has 2 aliphatic heterocycles. The summed E-state index contributed by atoms with van der Waals surface area (Å²) >= 11 is 0. The van der Waals surface area contributed by atoms with Crippen molar-refractivity contribution in [2.24, 2.45) is 0 Å². The van der Waals surface area contributed by atoms with Crippen molar-refractivity contribution in [1.29, 1.82) is 0 Å². The van der Waals surface area contributed by atoms with E-state index in [1.807, 2.05) is 28.3 Å². The third kappa shape index (κ3) is 5.36. The summed E-state index contributed by atoms with van der Waals surface area (Å²) in [5.41, 5.74) is 1.59. The Balaban J connectivity index is 1.58. The molecule has 3 rings (SSSR count). The molecule has 0 N–H and O–H groups in total. The number of likely N-dealkylation sites (tertiary alicyclic amines) is 1. The molecule has 1 aromatic heterocycles. The van der Waals surface area contributed by atoms with Gasteiger partial charge in [-0.15, -0.1) is 0 Å². The third-order valence-corrected chi connectivity index (χ3v) is 6.14. The SMILES string of the molecule is CCn1ncc(C(=O)N2CCCC(N(CCCN3CCOCC3)C(C)=O)C2)c1C. The zero-order valence-electron chi connectivity index (χ0n) is 18.1. The summed E-state index contributed by atoms with van der Waals surface area (Å²) in [7, 11) is 0. The van der Waals surface area contributed by atoms with Gasteiger partial charge in [-0.2, -0.15) is 5.10 Å². The van der Waals surface area contributed by atoms with Crippen molar-refractivity contribution < 1.29 is 14.3 Å². The molecule has 8 nitrogen and oxygen atoms in total. The molecule has 0 spiro atoms. The molecule has 0 bridgehead atoms. The van der Waals surface area contributed by atoms with Gasteiger partial charge >= 0.3 is 0 Å². The average Bonchev–Trinajstić information content (AvgIpc) is 3.11. The molecular formula is C21H35N5O3. The number of morpholine rings is 1. The number of amides is 2. The van der Waals surface area contributed by atoms with Gasteiger partial charge in [0, 0.05) is 64.5 Å². The zero-order chi connectivity index (χ0) is 20.8. The van der Waals surface area contributed by atoms with Crippen LogP contribution in [0.25, 0.3) is 0 Å². The quantitative estimate of drug-likeness (QED) is 0.686. The largest absolute Gasteiger partial charge is 0.379 e. The molecule has 8 heteroatoms. The molecule has 2 fully saturated rings. The van der Waals surface area contributed by atoms with Crippen LogP contribution in [-0.4, -0.2) is 94.8 Å². The Morgan fingerprint density at radius 1 is 1.28 bits per heavy atom. The average molecular weight is 406 g/mol. The summed E-state index contributed by atoms with van der Waals surface area (Å²) in [6.45, 7) is 13.0. The van der Waals surface area contributed by atoms with E-state index in [1.165, 1.54) is 0 Å². The molecule has 2 saturated heterocycles. The minimum Gasteiger partial charge on any atom is -0.379 e. The van der Waals surface area contributed by atoms with Crippen molar-refractivity contribution in [3.63, 3.8) is 0 Å². The predicted molar refractivity (Wildman–Crippen MR) is 111 cm³/mol. The van der Waals surface area contributed by atoms with Crippen molar-refractivity contribution in [3.05, 3.63) is 17.5 Å². The molecule has 3 heterocycles. The Morgan fingerprint density at radius 3 is 2.69 bits per heavy atom. The number of ether oxygens (including phenoxy) is 1. The molecule has 1 atom stereocenters. The zero-order valence-corrected chi connectivity index (χ0v) is 18.1. The summed E-state index contributed by atoms with van der Waals surface area (Å²) in [4.78, 5) is 31.7. The lowest BCUT2D eigenvalue weighted by molar-refractivity contribution is -0.132. The number of aryl methyl sites for hydroxylation is 1. The number of carbonyl (C=O) groups excluding carboxylic acids is 2. The second-order valence-electron chi connectivity index (χ2n) is 8.03. The van der Waals surface area contributed by atoms with Crippen molar-refractivity contribution in [2.45, 2.75) is 52.6 Å². The smallest absolute Gasteiger partial charge is 0.257 e. The highest BCUT2D eigenvalue weighted by Gasteiger charge is 2.30. The molecular weight excluding hydrogens is 370 g/mol. The maximum absolute atomic E-state index is 13.1. The molecule has 0 saturated carbocycles. The third-order valence-electron chi connectivity index (χ3n) is 6.14. The predicted octanol–water partition coefficient (Wildman–Crippen LogP) is 1.39. The number of piperidine rings is 1. The summed E-state index contributed by atoms with van der Waals surface area (Å²) in [6, 6.07) is 0.0939. The summed E-state index contributed by atoms with van der Waals surface area (Å²) in [5, 5.41) is 4.31. The van der Waals surface area contributed by atoms with E-state index in [0.29, 0.717) is 12.1 Å². The van der Waals surface area contributed by atoms with Gasteiger partial charge < -0.3 is 14.5 Å². The Labute approximate surface area is 173 Å². The van der Waals surface area contributed by atoms with E-state index < -0.39 is 0 Å². The van der Waals surface area contributed by atoms with Crippen LogP contribution in [0.15, 0.2) is 6.20 Å². The van der Waals surface area contributed by atoms with Gasteiger partial charge in [-0.25, -0.2) is 0 Å². The Hall–Kier alpha value is -1.93. The molecule has 1 aromatic rings. The second-order valence-corrected chi connectivity index (χ2v) is 8.03. The number of nitrogens with zero attached hydrogens (tertiary/aromatic N) is 5. The fourth-order valence-corrected chi connectivity index (χ4v) is 4.43. The Bertz CT molecular complexity index is 698. The van der Waals surface area contributed by atoms with E-state index >= 15 is 0 Å². The minimum absolute atomic E-state index is 0.0312. The van der Waals surface area contributed by atoms with Gasteiger partial charge in [0.1, 0.15) is 0 Å². The Morgan fingerprint density at radius 2 is 2.03 bits per heavy atom. The van der Waals surface area contributed by atoms with E-state index in [0.717, 1.165) is 77.4 Å². The van der Waals surface area contributed by atoms with Crippen LogP contribution in [-0.2, 0) is 16.1 Å². The number of carbonyl (C=O) groups is 2. The van der Waals surface area contributed by atoms with Gasteiger partial charge in [0.2, 0.25) is 5.91 Å². The first-order valence-electron chi connectivity index (χ1n) is 10.9. The lowest BCUT2D eigenvalue weighted by Crippen LogP contribution is -2.52. The molecule has 0 aliphatic carbocycles. The Kier molecular flexibility index (Phi) is 7.66. The van der Waals surface area contributed by atoms with Gasteiger partial charge in [-0.1, -0.05) is 0 Å². The number of rotatable bonds is 7. The normalized spacial score (nSPS) is 20.7. The van der Waals surface area contributed by atoms with Gasteiger partial charge in [-0.05, 0) is 33.1 Å². The van der Waals surface area contributed by atoms with E-state index in [4.69, 9.17) is 4.74 Å². The molecule has 29 heavy (non-hydrogen) atoms. The molecule has 162 valence electrons. The van der Waals surface area contributed by atoms with Crippen molar-refractivity contribution in [1.82, 2.24) is 24.5 Å². The molecule has 0 radical (unpaired) electrons. The first kappa shape index (κ1) is 21.8. The van der Waals surface area contributed by atoms with Gasteiger partial charge in [0.05, 0.1) is 25.0 Å². The molecule has 2 aliphatic rings. The van der Waals surface area contributed by atoms with E-state index in [-0.39, 0.29) is 17.9 Å². The van der Waals surface area contributed by atoms with Gasteiger partial charge in [0.15, 0.2) is 0 Å². The van der Waals surface area contributed by atoms with Gasteiger partial charge in [0.25, 0.3) is 5.91 Å². The number of hydrogen-bond acceptors (Lipinski definition) is 5. The maximum Gasteiger partial charge on any atom is 0.257 e. The van der Waals surface area contributed by atoms with Crippen molar-refractivity contribution in [2.75, 3.05) is 52.5 Å². The fraction of sp³-hybridized carbons (Fsp3) is 0.762. The summed E-state index contributed by atoms with van der Waals surface area (Å²) in [5.74, 6) is 0.130. The molecule has 2 amide bonds. The second kappa shape index (κ2) is 10.2. The highest BCUT2D eigenvalue weighted by molar-refractivity contribution is 5.95. The van der Waals surface area contributed by atoms with Crippen LogP contribution in [0.3, 0.4) is 0 Å². The van der Waals surface area contributed by atoms with Crippen LogP contribution < -0.4 is 0 Å². The highest BCUT2D eigenvalue weighted by Crippen LogP contribution is 2.20. The van der Waals surface area contributed by atoms with Crippen LogP contribution in [0.2, 0.25) is 0 Å². The first-order chi connectivity index (χ1) is 14.0. The van der Waals surface area contributed by atoms with E-state index in [2.05, 4.69) is 10.00 Å². The van der Waals surface area contributed by atoms with Crippen molar-refractivity contribution >= 4 is 11.8 Å². The lowest BCUT2D eigenvalue weighted by Gasteiger charge is -2.39. The van der Waals surface area contributed by atoms with E-state index in [9.17, 15) is 9.59 Å². The van der Waals surface area contributed by atoms with Crippen LogP contribution in [0.1, 0.15) is 49.2 Å². The van der Waals surface area contributed by atoms with Crippen LogP contribution in [0, 0.1) is 6.92 Å². The van der Waals surface area contributed by atoms with Crippen LogP contribution in [0.5, 0.6) is 0 Å². The lowest BCUT2D eigenvalue weighted by atomic mass is 10.0. The first-order valence-corrected chi connectivity index (χ1v) is 10.9. The monoisotopic (exact) mass is 405 g/mol. The topological polar surface area (TPSA) is 70.9 Å². The number of aromatic nitrogens is 2. The summed E-state index contributed by atoms with van der Waals surface area (Å²) < 4.78 is 7.25. The van der Waals surface area contributed by atoms with Crippen molar-refractivity contribution in [3.8, 4) is 0 Å². The number of hydrogen-bond donors (Lipinski definition) is 0. The molecule has 0 aromatic carbocycles. The maximum atomic E-state index is 13.1. The minimum atomic E-state index is 0.0312. The summed E-state index contributed by atoms with van der Waals surface area (Å²) in [6.07, 6.45) is 4.50. The van der Waals surface area contributed by atoms with Crippen LogP contribution >= 0.6 is 0 Å². The van der Waals surface area contributed by atoms with E-state index in [1.54, 1.807) is 13.1 Å². The standard InChI is InChI=1S/C21H35N5O3/c1-4-26-17(2)20(15-22-26)21(28)24-9-5-7-19(16-24)25(18(3)27)10-6-8-23-11-13-29-14-12-23/h15,19H,4-14,16H2,1-3H3.